The highest BCUT2D eigenvalue weighted by molar-refractivity contribution is 6.00. The maximum Gasteiger partial charge on any atom is 0.336 e. The zero-order chi connectivity index (χ0) is 22.1. The molecule has 0 amide bonds. The van der Waals surface area contributed by atoms with E-state index in [0.29, 0.717) is 5.57 Å². The summed E-state index contributed by atoms with van der Waals surface area (Å²) in [5.41, 5.74) is -0.935. The van der Waals surface area contributed by atoms with Crippen LogP contribution in [0.25, 0.3) is 0 Å². The Hall–Kier alpha value is -3.15. The minimum absolute atomic E-state index is 0.00314. The molecule has 3 rings (SSSR count). The number of carbonyl (C=O) groups excluding carboxylic acids is 3. The first-order valence-electron chi connectivity index (χ1n) is 9.27. The first kappa shape index (κ1) is 21.6. The molecule has 1 N–H and O–H groups in total. The largest absolute Gasteiger partial charge is 0.479 e. The van der Waals surface area contributed by atoms with Crippen LogP contribution in [-0.4, -0.2) is 60.5 Å². The minimum Gasteiger partial charge on any atom is -0.479 e. The van der Waals surface area contributed by atoms with Crippen LogP contribution in [0.15, 0.2) is 47.8 Å². The molecule has 8 heteroatoms. The number of carbonyl (C=O) groups is 3. The molecule has 3 heterocycles. The van der Waals surface area contributed by atoms with Gasteiger partial charge in [0.15, 0.2) is 5.60 Å². The molecule has 0 aromatic carbocycles. The Morgan fingerprint density at radius 2 is 2.20 bits per heavy atom. The fraction of sp³-hybridized carbons (Fsp3) is 0.409. The van der Waals surface area contributed by atoms with Crippen molar-refractivity contribution in [3.63, 3.8) is 0 Å². The van der Waals surface area contributed by atoms with E-state index in [4.69, 9.17) is 25.4 Å². The average molecular weight is 414 g/mol. The maximum absolute atomic E-state index is 12.6. The molecule has 0 saturated carbocycles. The molecule has 30 heavy (non-hydrogen) atoms. The quantitative estimate of drug-likeness (QED) is 0.294. The molecule has 0 unspecified atom stereocenters. The van der Waals surface area contributed by atoms with E-state index in [1.165, 1.54) is 12.2 Å². The third kappa shape index (κ3) is 3.95. The highest BCUT2D eigenvalue weighted by atomic mass is 16.6. The van der Waals surface area contributed by atoms with E-state index in [-0.39, 0.29) is 42.3 Å². The first-order chi connectivity index (χ1) is 14.2. The summed E-state index contributed by atoms with van der Waals surface area (Å²) in [6.45, 7) is 8.40. The highest BCUT2D eigenvalue weighted by Gasteiger charge is 2.52. The van der Waals surface area contributed by atoms with E-state index in [1.807, 2.05) is 0 Å². The summed E-state index contributed by atoms with van der Waals surface area (Å²) in [7, 11) is 0. The monoisotopic (exact) mass is 414 g/mol. The van der Waals surface area contributed by atoms with E-state index in [2.05, 4.69) is 19.1 Å². The van der Waals surface area contributed by atoms with Gasteiger partial charge in [-0.05, 0) is 13.0 Å². The number of hydrogen-bond donors (Lipinski definition) is 1. The van der Waals surface area contributed by atoms with Crippen LogP contribution in [0.1, 0.15) is 13.3 Å². The van der Waals surface area contributed by atoms with Gasteiger partial charge in [-0.2, -0.15) is 0 Å². The fourth-order valence-electron chi connectivity index (χ4n) is 3.63. The Balaban J connectivity index is 1.94. The zero-order valence-electron chi connectivity index (χ0n) is 16.5. The fourth-order valence-corrected chi connectivity index (χ4v) is 3.63. The van der Waals surface area contributed by atoms with Crippen LogP contribution >= 0.6 is 0 Å². The van der Waals surface area contributed by atoms with Crippen molar-refractivity contribution in [3.8, 4) is 12.3 Å². The van der Waals surface area contributed by atoms with Crippen molar-refractivity contribution in [2.45, 2.75) is 31.2 Å². The number of hydrogen-bond acceptors (Lipinski definition) is 8. The molecular formula is C22H22O8. The Morgan fingerprint density at radius 1 is 1.47 bits per heavy atom. The molecule has 1 saturated heterocycles. The van der Waals surface area contributed by atoms with Gasteiger partial charge in [0.2, 0.25) is 5.78 Å². The SMILES string of the molecule is C#CCOCC(=C)C(=O)O[C@H]1C[C@@]2(C)OC(=CC2=O)/C(CO)=C\[C@H]2OC(=O)C(=C)[C@H]12. The summed E-state index contributed by atoms with van der Waals surface area (Å²) >= 11 is 0. The molecular weight excluding hydrogens is 392 g/mol. The number of aliphatic hydroxyl groups excluding tert-OH is 1. The Bertz CT molecular complexity index is 918. The number of ether oxygens (including phenoxy) is 4. The average Bonchev–Trinajstić information content (AvgIpc) is 3.15. The van der Waals surface area contributed by atoms with Gasteiger partial charge < -0.3 is 24.1 Å². The maximum atomic E-state index is 12.6. The van der Waals surface area contributed by atoms with E-state index >= 15 is 0 Å². The second-order valence-corrected chi connectivity index (χ2v) is 7.43. The van der Waals surface area contributed by atoms with Crippen molar-refractivity contribution in [3.05, 3.63) is 47.8 Å². The summed E-state index contributed by atoms with van der Waals surface area (Å²) in [5, 5.41) is 9.74. The molecule has 0 radical (unpaired) electrons. The molecule has 2 bridgehead atoms. The van der Waals surface area contributed by atoms with Gasteiger partial charge in [-0.1, -0.05) is 19.1 Å². The van der Waals surface area contributed by atoms with Gasteiger partial charge in [0.25, 0.3) is 0 Å². The molecule has 1 fully saturated rings. The molecule has 0 spiro atoms. The van der Waals surface area contributed by atoms with Crippen molar-refractivity contribution in [1.29, 1.82) is 0 Å². The third-order valence-corrected chi connectivity index (χ3v) is 5.23. The smallest absolute Gasteiger partial charge is 0.336 e. The third-order valence-electron chi connectivity index (χ3n) is 5.23. The highest BCUT2D eigenvalue weighted by Crippen LogP contribution is 2.42. The Morgan fingerprint density at radius 3 is 2.87 bits per heavy atom. The molecule has 4 atom stereocenters. The van der Waals surface area contributed by atoms with Crippen molar-refractivity contribution >= 4 is 17.7 Å². The summed E-state index contributed by atoms with van der Waals surface area (Å²) < 4.78 is 21.9. The lowest BCUT2D eigenvalue weighted by Crippen LogP contribution is -2.43. The summed E-state index contributed by atoms with van der Waals surface area (Å²) in [5.74, 6) is -0.0560. The Labute approximate surface area is 173 Å². The number of rotatable bonds is 6. The van der Waals surface area contributed by atoms with Crippen molar-refractivity contribution in [2.75, 3.05) is 19.8 Å². The second-order valence-electron chi connectivity index (χ2n) is 7.43. The van der Waals surface area contributed by atoms with Gasteiger partial charge in [-0.25, -0.2) is 9.59 Å². The van der Waals surface area contributed by atoms with Gasteiger partial charge in [-0.3, -0.25) is 4.79 Å². The van der Waals surface area contributed by atoms with E-state index in [0.717, 1.165) is 0 Å². The van der Waals surface area contributed by atoms with Crippen molar-refractivity contribution in [1.82, 2.24) is 0 Å². The van der Waals surface area contributed by atoms with Crippen LogP contribution < -0.4 is 0 Å². The zero-order valence-corrected chi connectivity index (χ0v) is 16.5. The van der Waals surface area contributed by atoms with Crippen molar-refractivity contribution in [2.24, 2.45) is 5.92 Å². The number of ketones is 1. The predicted molar refractivity (Wildman–Crippen MR) is 104 cm³/mol. The number of aliphatic hydroxyl groups is 1. The van der Waals surface area contributed by atoms with Gasteiger partial charge in [0.1, 0.15) is 24.6 Å². The topological polar surface area (TPSA) is 108 Å². The second kappa shape index (κ2) is 8.30. The van der Waals surface area contributed by atoms with Crippen LogP contribution in [0, 0.1) is 18.3 Å². The Kier molecular flexibility index (Phi) is 5.97. The summed E-state index contributed by atoms with van der Waals surface area (Å²) in [6, 6.07) is 0. The molecule has 0 aromatic heterocycles. The van der Waals surface area contributed by atoms with E-state index in [1.54, 1.807) is 6.92 Å². The first-order valence-corrected chi connectivity index (χ1v) is 9.27. The van der Waals surface area contributed by atoms with Crippen molar-refractivity contribution < 1.29 is 38.4 Å². The minimum atomic E-state index is -1.35. The van der Waals surface area contributed by atoms with Crippen LogP contribution in [0.5, 0.6) is 0 Å². The van der Waals surface area contributed by atoms with E-state index < -0.39 is 42.3 Å². The van der Waals surface area contributed by atoms with Crippen LogP contribution in [0.2, 0.25) is 0 Å². The molecule has 0 aromatic rings. The normalized spacial score (nSPS) is 31.6. The van der Waals surface area contributed by atoms with E-state index in [9.17, 15) is 19.5 Å². The number of esters is 2. The summed E-state index contributed by atoms with van der Waals surface area (Å²) in [6.07, 6.45) is 5.99. The molecule has 0 aliphatic carbocycles. The number of terminal acetylenes is 1. The van der Waals surface area contributed by atoms with Crippen LogP contribution in [0.3, 0.4) is 0 Å². The lowest BCUT2D eigenvalue weighted by atomic mass is 9.82. The lowest BCUT2D eigenvalue weighted by Gasteiger charge is -2.31. The predicted octanol–water partition coefficient (Wildman–Crippen LogP) is 0.766. The van der Waals surface area contributed by atoms with Crippen LogP contribution in [0.4, 0.5) is 0 Å². The lowest BCUT2D eigenvalue weighted by molar-refractivity contribution is -0.154. The summed E-state index contributed by atoms with van der Waals surface area (Å²) in [4.78, 5) is 37.4. The van der Waals surface area contributed by atoms with Gasteiger partial charge in [-0.15, -0.1) is 6.42 Å². The molecule has 3 aliphatic heterocycles. The molecule has 158 valence electrons. The van der Waals surface area contributed by atoms with Gasteiger partial charge >= 0.3 is 11.9 Å². The van der Waals surface area contributed by atoms with Gasteiger partial charge in [0, 0.05) is 23.6 Å². The number of fused-ring (bicyclic) bond motifs is 3. The molecule has 3 aliphatic rings. The van der Waals surface area contributed by atoms with Crippen LogP contribution in [-0.2, 0) is 33.3 Å². The van der Waals surface area contributed by atoms with Gasteiger partial charge in [0.05, 0.1) is 24.7 Å². The standard InChI is InChI=1S/C22H22O8/c1-5-6-27-11-12(2)20(25)29-17-9-22(4)18(24)8-15(30-22)14(10-23)7-16-19(17)13(3)21(26)28-16/h1,7-8,16-17,19,23H,2-3,6,9-11H2,4H3/b14-7-/t16-,17+,19+,22-/m1/s1. The molecule has 8 nitrogen and oxygen atoms in total.